The Labute approximate surface area is 135 Å². The van der Waals surface area contributed by atoms with E-state index in [4.69, 9.17) is 4.74 Å². The van der Waals surface area contributed by atoms with Crippen LogP contribution in [0.4, 0.5) is 5.13 Å². The van der Waals surface area contributed by atoms with Crippen molar-refractivity contribution >= 4 is 22.7 Å². The van der Waals surface area contributed by atoms with E-state index in [1.807, 2.05) is 36.6 Å². The standard InChI is InChI=1S/C16H22N4OS/c1-13-12-22-16(18-13)19-17-11-14-7-4-5-8-15(14)21-10-6-9-20(2)3/h4-5,7-8,11-12H,6,9-10H2,1-3H3,(H,18,19). The second kappa shape index (κ2) is 8.51. The third kappa shape index (κ3) is 5.46. The van der Waals surface area contributed by atoms with Crippen LogP contribution in [-0.4, -0.2) is 43.3 Å². The molecule has 1 aromatic carbocycles. The molecule has 118 valence electrons. The lowest BCUT2D eigenvalue weighted by atomic mass is 10.2. The number of ether oxygens (including phenoxy) is 1. The summed E-state index contributed by atoms with van der Waals surface area (Å²) in [6, 6.07) is 7.89. The summed E-state index contributed by atoms with van der Waals surface area (Å²) in [5.74, 6) is 0.849. The number of aromatic nitrogens is 1. The van der Waals surface area contributed by atoms with Gasteiger partial charge in [0, 0.05) is 17.5 Å². The van der Waals surface area contributed by atoms with Gasteiger partial charge in [0.15, 0.2) is 0 Å². The minimum Gasteiger partial charge on any atom is -0.493 e. The third-order valence-corrected chi connectivity index (χ3v) is 3.77. The van der Waals surface area contributed by atoms with E-state index in [0.717, 1.165) is 35.1 Å². The van der Waals surface area contributed by atoms with Crippen LogP contribution in [0.1, 0.15) is 17.7 Å². The van der Waals surface area contributed by atoms with Crippen LogP contribution in [0.15, 0.2) is 34.7 Å². The van der Waals surface area contributed by atoms with Gasteiger partial charge in [0.25, 0.3) is 0 Å². The molecule has 2 rings (SSSR count). The number of rotatable bonds is 8. The molecular weight excluding hydrogens is 296 g/mol. The van der Waals surface area contributed by atoms with Crippen molar-refractivity contribution in [2.24, 2.45) is 5.10 Å². The SMILES string of the molecule is Cc1csc(NN=Cc2ccccc2OCCCN(C)C)n1. The first kappa shape index (κ1) is 16.5. The van der Waals surface area contributed by atoms with Crippen molar-refractivity contribution in [2.45, 2.75) is 13.3 Å². The summed E-state index contributed by atoms with van der Waals surface area (Å²) in [5, 5.41) is 7.00. The second-order valence-corrected chi connectivity index (χ2v) is 6.07. The molecule has 0 saturated heterocycles. The fraction of sp³-hybridized carbons (Fsp3) is 0.375. The topological polar surface area (TPSA) is 49.8 Å². The largest absolute Gasteiger partial charge is 0.493 e. The van der Waals surface area contributed by atoms with Crippen molar-refractivity contribution in [1.29, 1.82) is 0 Å². The average molecular weight is 318 g/mol. The summed E-state index contributed by atoms with van der Waals surface area (Å²) in [7, 11) is 4.12. The highest BCUT2D eigenvalue weighted by Gasteiger charge is 2.01. The average Bonchev–Trinajstić information content (AvgIpc) is 2.90. The number of para-hydroxylation sites is 1. The minimum absolute atomic E-state index is 0.697. The molecule has 1 heterocycles. The van der Waals surface area contributed by atoms with Crippen LogP contribution in [0, 0.1) is 6.92 Å². The number of aryl methyl sites for hydroxylation is 1. The zero-order valence-corrected chi connectivity index (χ0v) is 14.1. The number of hydrazone groups is 1. The highest BCUT2D eigenvalue weighted by Crippen LogP contribution is 2.17. The maximum Gasteiger partial charge on any atom is 0.203 e. The fourth-order valence-electron chi connectivity index (χ4n) is 1.84. The van der Waals surface area contributed by atoms with Crippen LogP contribution in [-0.2, 0) is 0 Å². The van der Waals surface area contributed by atoms with Crippen molar-refractivity contribution in [3.05, 3.63) is 40.9 Å². The number of hydrogen-bond donors (Lipinski definition) is 1. The molecule has 2 aromatic rings. The Bertz CT molecular complexity index is 610. The number of thiazole rings is 1. The van der Waals surface area contributed by atoms with Crippen LogP contribution in [0.3, 0.4) is 0 Å². The number of hydrogen-bond acceptors (Lipinski definition) is 6. The molecule has 0 saturated carbocycles. The summed E-state index contributed by atoms with van der Waals surface area (Å²) in [6.07, 6.45) is 2.76. The lowest BCUT2D eigenvalue weighted by molar-refractivity contribution is 0.281. The van der Waals surface area contributed by atoms with Gasteiger partial charge in [-0.05, 0) is 39.6 Å². The maximum absolute atomic E-state index is 5.84. The lowest BCUT2D eigenvalue weighted by Gasteiger charge is -2.11. The Morgan fingerprint density at radius 3 is 2.91 bits per heavy atom. The Balaban J connectivity index is 1.90. The highest BCUT2D eigenvalue weighted by atomic mass is 32.1. The number of nitrogens with one attached hydrogen (secondary N) is 1. The van der Waals surface area contributed by atoms with E-state index in [1.54, 1.807) is 6.21 Å². The molecule has 1 aromatic heterocycles. The lowest BCUT2D eigenvalue weighted by Crippen LogP contribution is -2.15. The number of nitrogens with zero attached hydrogens (tertiary/aromatic N) is 3. The monoisotopic (exact) mass is 318 g/mol. The van der Waals surface area contributed by atoms with Gasteiger partial charge in [0.05, 0.1) is 18.5 Å². The van der Waals surface area contributed by atoms with Crippen molar-refractivity contribution in [3.63, 3.8) is 0 Å². The first-order valence-corrected chi connectivity index (χ1v) is 8.11. The van der Waals surface area contributed by atoms with Gasteiger partial charge < -0.3 is 9.64 Å². The van der Waals surface area contributed by atoms with Crippen molar-refractivity contribution in [1.82, 2.24) is 9.88 Å². The molecule has 6 heteroatoms. The zero-order valence-electron chi connectivity index (χ0n) is 13.2. The number of benzene rings is 1. The predicted octanol–water partition coefficient (Wildman–Crippen LogP) is 3.23. The molecule has 0 aliphatic heterocycles. The van der Waals surface area contributed by atoms with Crippen LogP contribution in [0.5, 0.6) is 5.75 Å². The minimum atomic E-state index is 0.697. The van der Waals surface area contributed by atoms with Crippen molar-refractivity contribution < 1.29 is 4.74 Å². The molecule has 0 fully saturated rings. The smallest absolute Gasteiger partial charge is 0.203 e. The Morgan fingerprint density at radius 2 is 2.18 bits per heavy atom. The predicted molar refractivity (Wildman–Crippen MR) is 93.2 cm³/mol. The molecule has 0 amide bonds. The Kier molecular flexibility index (Phi) is 6.36. The fourth-order valence-corrected chi connectivity index (χ4v) is 2.48. The maximum atomic E-state index is 5.84. The van der Waals surface area contributed by atoms with Gasteiger partial charge in [-0.15, -0.1) is 11.3 Å². The first-order chi connectivity index (χ1) is 10.6. The van der Waals surface area contributed by atoms with Crippen LogP contribution in [0.2, 0.25) is 0 Å². The normalized spacial score (nSPS) is 11.3. The van der Waals surface area contributed by atoms with E-state index in [0.29, 0.717) is 6.61 Å². The van der Waals surface area contributed by atoms with Gasteiger partial charge in [-0.1, -0.05) is 12.1 Å². The molecule has 1 N–H and O–H groups in total. The molecular formula is C16H22N4OS. The summed E-state index contributed by atoms with van der Waals surface area (Å²) in [6.45, 7) is 3.67. The summed E-state index contributed by atoms with van der Waals surface area (Å²) in [4.78, 5) is 6.45. The second-order valence-electron chi connectivity index (χ2n) is 5.21. The Morgan fingerprint density at radius 1 is 1.36 bits per heavy atom. The molecule has 22 heavy (non-hydrogen) atoms. The highest BCUT2D eigenvalue weighted by molar-refractivity contribution is 7.13. The van der Waals surface area contributed by atoms with Crippen LogP contribution in [0.25, 0.3) is 0 Å². The quantitative estimate of drug-likeness (QED) is 0.461. The molecule has 0 radical (unpaired) electrons. The van der Waals surface area contributed by atoms with E-state index < -0.39 is 0 Å². The molecule has 0 atom stereocenters. The zero-order chi connectivity index (χ0) is 15.8. The van der Waals surface area contributed by atoms with Crippen molar-refractivity contribution in [2.75, 3.05) is 32.7 Å². The van der Waals surface area contributed by atoms with E-state index in [-0.39, 0.29) is 0 Å². The van der Waals surface area contributed by atoms with E-state index in [2.05, 4.69) is 34.5 Å². The Hall–Kier alpha value is -1.92. The van der Waals surface area contributed by atoms with Crippen molar-refractivity contribution in [3.8, 4) is 5.75 Å². The van der Waals surface area contributed by atoms with Gasteiger partial charge in [0.1, 0.15) is 5.75 Å². The summed E-state index contributed by atoms with van der Waals surface area (Å²) >= 11 is 1.54. The summed E-state index contributed by atoms with van der Waals surface area (Å²) in [5.41, 5.74) is 4.88. The molecule has 5 nitrogen and oxygen atoms in total. The molecule has 0 bridgehead atoms. The van der Waals surface area contributed by atoms with E-state index >= 15 is 0 Å². The van der Waals surface area contributed by atoms with E-state index in [1.165, 1.54) is 11.3 Å². The van der Waals surface area contributed by atoms with Gasteiger partial charge in [-0.25, -0.2) is 4.98 Å². The number of anilines is 1. The summed E-state index contributed by atoms with van der Waals surface area (Å²) < 4.78 is 5.84. The third-order valence-electron chi connectivity index (χ3n) is 2.91. The molecule has 0 spiro atoms. The van der Waals surface area contributed by atoms with Crippen LogP contribution < -0.4 is 10.2 Å². The van der Waals surface area contributed by atoms with Crippen LogP contribution >= 0.6 is 11.3 Å². The van der Waals surface area contributed by atoms with Gasteiger partial charge in [0.2, 0.25) is 5.13 Å². The van der Waals surface area contributed by atoms with E-state index in [9.17, 15) is 0 Å². The molecule has 0 aliphatic rings. The molecule has 0 unspecified atom stereocenters. The first-order valence-electron chi connectivity index (χ1n) is 7.23. The van der Waals surface area contributed by atoms with Gasteiger partial charge >= 0.3 is 0 Å². The van der Waals surface area contributed by atoms with Gasteiger partial charge in [-0.3, -0.25) is 5.43 Å². The van der Waals surface area contributed by atoms with Gasteiger partial charge in [-0.2, -0.15) is 5.10 Å². The molecule has 0 aliphatic carbocycles.